The third-order valence-electron chi connectivity index (χ3n) is 4.89. The van der Waals surface area contributed by atoms with Crippen molar-refractivity contribution in [3.05, 3.63) is 34.9 Å². The van der Waals surface area contributed by atoms with E-state index in [0.717, 1.165) is 16.9 Å². The SMILES string of the molecule is CC1CCC(C(C)(N)c2cccc(Cl)c2)CC1C. The molecule has 0 spiro atoms. The standard InChI is InChI=1S/C16H24ClN/c1-11-7-8-14(9-12(11)2)16(3,18)13-5-4-6-15(17)10-13/h4-6,10-12,14H,7-9,18H2,1-3H3. The summed E-state index contributed by atoms with van der Waals surface area (Å²) in [6.07, 6.45) is 3.74. The van der Waals surface area contributed by atoms with Crippen LogP contribution in [-0.2, 0) is 5.54 Å². The summed E-state index contributed by atoms with van der Waals surface area (Å²) < 4.78 is 0. The predicted molar refractivity (Wildman–Crippen MR) is 78.7 cm³/mol. The van der Waals surface area contributed by atoms with E-state index in [-0.39, 0.29) is 5.54 Å². The highest BCUT2D eigenvalue weighted by Crippen LogP contribution is 2.42. The van der Waals surface area contributed by atoms with Crippen molar-refractivity contribution in [2.24, 2.45) is 23.5 Å². The molecule has 0 saturated heterocycles. The van der Waals surface area contributed by atoms with Gasteiger partial charge < -0.3 is 5.73 Å². The van der Waals surface area contributed by atoms with Gasteiger partial charge in [-0.2, -0.15) is 0 Å². The first-order chi connectivity index (χ1) is 8.41. The van der Waals surface area contributed by atoms with E-state index < -0.39 is 0 Å². The number of rotatable bonds is 2. The molecule has 1 aliphatic carbocycles. The summed E-state index contributed by atoms with van der Waals surface area (Å²) in [6.45, 7) is 6.87. The molecule has 0 heterocycles. The van der Waals surface area contributed by atoms with Crippen molar-refractivity contribution in [3.63, 3.8) is 0 Å². The van der Waals surface area contributed by atoms with Crippen molar-refractivity contribution in [3.8, 4) is 0 Å². The van der Waals surface area contributed by atoms with Gasteiger partial charge in [-0.3, -0.25) is 0 Å². The maximum absolute atomic E-state index is 6.63. The van der Waals surface area contributed by atoms with Gasteiger partial charge in [0.1, 0.15) is 0 Å². The van der Waals surface area contributed by atoms with Crippen molar-refractivity contribution in [1.82, 2.24) is 0 Å². The molecule has 1 saturated carbocycles. The van der Waals surface area contributed by atoms with Gasteiger partial charge in [0.2, 0.25) is 0 Å². The highest BCUT2D eigenvalue weighted by Gasteiger charge is 2.36. The minimum atomic E-state index is -0.265. The van der Waals surface area contributed by atoms with E-state index in [0.29, 0.717) is 5.92 Å². The van der Waals surface area contributed by atoms with Gasteiger partial charge in [0.15, 0.2) is 0 Å². The zero-order chi connectivity index (χ0) is 13.3. The van der Waals surface area contributed by atoms with Crippen LogP contribution in [0.2, 0.25) is 5.02 Å². The monoisotopic (exact) mass is 265 g/mol. The normalized spacial score (nSPS) is 31.9. The van der Waals surface area contributed by atoms with Crippen molar-refractivity contribution in [2.45, 2.75) is 45.6 Å². The van der Waals surface area contributed by atoms with Crippen LogP contribution in [0.5, 0.6) is 0 Å². The molecule has 2 N–H and O–H groups in total. The molecule has 100 valence electrons. The number of halogens is 1. The fourth-order valence-corrected chi connectivity index (χ4v) is 3.34. The lowest BCUT2D eigenvalue weighted by atomic mass is 9.67. The van der Waals surface area contributed by atoms with Crippen LogP contribution in [-0.4, -0.2) is 0 Å². The van der Waals surface area contributed by atoms with Crippen molar-refractivity contribution in [1.29, 1.82) is 0 Å². The van der Waals surface area contributed by atoms with E-state index >= 15 is 0 Å². The summed E-state index contributed by atoms with van der Waals surface area (Å²) in [5.41, 5.74) is 7.53. The van der Waals surface area contributed by atoms with Crippen LogP contribution < -0.4 is 5.73 Å². The van der Waals surface area contributed by atoms with Gasteiger partial charge in [-0.1, -0.05) is 44.0 Å². The first-order valence-corrected chi connectivity index (χ1v) is 7.34. The smallest absolute Gasteiger partial charge is 0.0410 e. The third-order valence-corrected chi connectivity index (χ3v) is 5.13. The number of hydrogen-bond acceptors (Lipinski definition) is 1. The van der Waals surface area contributed by atoms with Crippen LogP contribution in [0.3, 0.4) is 0 Å². The number of hydrogen-bond donors (Lipinski definition) is 1. The Bertz CT molecular complexity index is 413. The lowest BCUT2D eigenvalue weighted by Crippen LogP contribution is -2.44. The van der Waals surface area contributed by atoms with Gasteiger partial charge in [0, 0.05) is 10.6 Å². The molecule has 0 bridgehead atoms. The van der Waals surface area contributed by atoms with Crippen LogP contribution in [0.1, 0.15) is 45.6 Å². The van der Waals surface area contributed by atoms with E-state index in [1.54, 1.807) is 0 Å². The fourth-order valence-electron chi connectivity index (χ4n) is 3.15. The number of nitrogens with two attached hydrogens (primary N) is 1. The van der Waals surface area contributed by atoms with Crippen molar-refractivity contribution >= 4 is 11.6 Å². The van der Waals surface area contributed by atoms with E-state index in [2.05, 4.69) is 26.8 Å². The molecule has 4 unspecified atom stereocenters. The Morgan fingerprint density at radius 3 is 2.56 bits per heavy atom. The Balaban J connectivity index is 2.20. The quantitative estimate of drug-likeness (QED) is 0.832. The molecule has 2 rings (SSSR count). The molecule has 0 aliphatic heterocycles. The Hall–Kier alpha value is -0.530. The summed E-state index contributed by atoms with van der Waals surface area (Å²) in [6, 6.07) is 8.03. The molecule has 1 nitrogen and oxygen atoms in total. The summed E-state index contributed by atoms with van der Waals surface area (Å²) in [7, 11) is 0. The zero-order valence-electron chi connectivity index (χ0n) is 11.6. The van der Waals surface area contributed by atoms with Crippen LogP contribution in [0.15, 0.2) is 24.3 Å². The molecule has 1 aromatic rings. The van der Waals surface area contributed by atoms with E-state index in [1.807, 2.05) is 18.2 Å². The maximum Gasteiger partial charge on any atom is 0.0410 e. The zero-order valence-corrected chi connectivity index (χ0v) is 12.4. The second kappa shape index (κ2) is 5.22. The van der Waals surface area contributed by atoms with Gasteiger partial charge >= 0.3 is 0 Å². The Morgan fingerprint density at radius 1 is 1.22 bits per heavy atom. The highest BCUT2D eigenvalue weighted by molar-refractivity contribution is 6.30. The molecule has 2 heteroatoms. The first kappa shape index (κ1) is 13.9. The highest BCUT2D eigenvalue weighted by atomic mass is 35.5. The van der Waals surface area contributed by atoms with Gasteiger partial charge in [-0.25, -0.2) is 0 Å². The van der Waals surface area contributed by atoms with Gasteiger partial charge in [-0.15, -0.1) is 0 Å². The van der Waals surface area contributed by atoms with Crippen LogP contribution >= 0.6 is 11.6 Å². The summed E-state index contributed by atoms with van der Waals surface area (Å²) in [5, 5.41) is 0.779. The maximum atomic E-state index is 6.63. The summed E-state index contributed by atoms with van der Waals surface area (Å²) in [4.78, 5) is 0. The molecule has 18 heavy (non-hydrogen) atoms. The molecular formula is C16H24ClN. The van der Waals surface area contributed by atoms with E-state index in [9.17, 15) is 0 Å². The van der Waals surface area contributed by atoms with E-state index in [1.165, 1.54) is 24.8 Å². The Morgan fingerprint density at radius 2 is 1.94 bits per heavy atom. The Labute approximate surface area is 116 Å². The lowest BCUT2D eigenvalue weighted by Gasteiger charge is -2.41. The summed E-state index contributed by atoms with van der Waals surface area (Å²) in [5.74, 6) is 2.16. The molecule has 0 amide bonds. The second-order valence-electron chi connectivity index (χ2n) is 6.26. The Kier molecular flexibility index (Phi) is 4.03. The van der Waals surface area contributed by atoms with Gasteiger partial charge in [0.05, 0.1) is 0 Å². The number of benzene rings is 1. The van der Waals surface area contributed by atoms with Crippen LogP contribution in [0.4, 0.5) is 0 Å². The van der Waals surface area contributed by atoms with Crippen LogP contribution in [0, 0.1) is 17.8 Å². The average Bonchev–Trinajstić information content (AvgIpc) is 2.32. The van der Waals surface area contributed by atoms with Crippen molar-refractivity contribution < 1.29 is 0 Å². The largest absolute Gasteiger partial charge is 0.321 e. The molecule has 0 aromatic heterocycles. The predicted octanol–water partition coefficient (Wildman–Crippen LogP) is 4.59. The molecule has 1 aromatic carbocycles. The molecule has 0 radical (unpaired) electrons. The topological polar surface area (TPSA) is 26.0 Å². The summed E-state index contributed by atoms with van der Waals surface area (Å²) >= 11 is 6.09. The molecular weight excluding hydrogens is 242 g/mol. The van der Waals surface area contributed by atoms with Gasteiger partial charge in [-0.05, 0) is 55.2 Å². The minimum Gasteiger partial charge on any atom is -0.321 e. The molecule has 4 atom stereocenters. The fraction of sp³-hybridized carbons (Fsp3) is 0.625. The minimum absolute atomic E-state index is 0.265. The molecule has 1 fully saturated rings. The van der Waals surface area contributed by atoms with E-state index in [4.69, 9.17) is 17.3 Å². The first-order valence-electron chi connectivity index (χ1n) is 6.96. The second-order valence-corrected chi connectivity index (χ2v) is 6.69. The third kappa shape index (κ3) is 2.73. The van der Waals surface area contributed by atoms with Crippen molar-refractivity contribution in [2.75, 3.05) is 0 Å². The average molecular weight is 266 g/mol. The lowest BCUT2D eigenvalue weighted by molar-refractivity contribution is 0.142. The van der Waals surface area contributed by atoms with Gasteiger partial charge in [0.25, 0.3) is 0 Å². The molecule has 1 aliphatic rings. The van der Waals surface area contributed by atoms with Crippen LogP contribution in [0.25, 0.3) is 0 Å².